The minimum absolute atomic E-state index is 0.823. The van der Waals surface area contributed by atoms with Crippen molar-refractivity contribution in [2.75, 3.05) is 0 Å². The third kappa shape index (κ3) is 2.16. The molecule has 0 saturated heterocycles. The van der Waals surface area contributed by atoms with Gasteiger partial charge in [-0.1, -0.05) is 5.16 Å². The zero-order valence-corrected chi connectivity index (χ0v) is 13.0. The number of oxime groups is 1. The van der Waals surface area contributed by atoms with Crippen LogP contribution in [-0.2, 0) is 12.8 Å². The van der Waals surface area contributed by atoms with Gasteiger partial charge in [0.1, 0.15) is 11.1 Å². The zero-order chi connectivity index (χ0) is 15.0. The molecule has 108 valence electrons. The minimum Gasteiger partial charge on any atom is -0.411 e. The van der Waals surface area contributed by atoms with Gasteiger partial charge in [0.15, 0.2) is 0 Å². The molecule has 0 radical (unpaired) electrons. The molecular formula is C16H17N3OS. The number of hydrogen-bond acceptors (Lipinski definition) is 4. The van der Waals surface area contributed by atoms with Crippen LogP contribution < -0.4 is 0 Å². The molecule has 0 spiro atoms. The Bertz CT molecular complexity index is 762. The molecule has 2 aromatic rings. The molecule has 1 N–H and O–H groups in total. The molecule has 1 aliphatic carbocycles. The summed E-state index contributed by atoms with van der Waals surface area (Å²) < 4.78 is 2.11. The van der Waals surface area contributed by atoms with Gasteiger partial charge in [-0.15, -0.1) is 11.3 Å². The van der Waals surface area contributed by atoms with Gasteiger partial charge in [-0.3, -0.25) is 0 Å². The van der Waals surface area contributed by atoms with E-state index in [4.69, 9.17) is 5.21 Å². The van der Waals surface area contributed by atoms with Crippen molar-refractivity contribution in [2.24, 2.45) is 5.16 Å². The third-order valence-corrected chi connectivity index (χ3v) is 5.41. The Kier molecular flexibility index (Phi) is 3.56. The van der Waals surface area contributed by atoms with Gasteiger partial charge in [0.05, 0.1) is 11.8 Å². The van der Waals surface area contributed by atoms with Crippen LogP contribution in [0.1, 0.15) is 45.8 Å². The van der Waals surface area contributed by atoms with Crippen LogP contribution in [0.2, 0.25) is 0 Å². The average molecular weight is 299 g/mol. The fourth-order valence-corrected chi connectivity index (χ4v) is 4.57. The van der Waals surface area contributed by atoms with E-state index in [1.54, 1.807) is 11.3 Å². The van der Waals surface area contributed by atoms with Gasteiger partial charge in [-0.2, -0.15) is 5.26 Å². The lowest BCUT2D eigenvalue weighted by molar-refractivity contribution is 0.322. The molecule has 0 unspecified atom stereocenters. The summed E-state index contributed by atoms with van der Waals surface area (Å²) in [6.45, 7) is 4.01. The fraction of sp³-hybridized carbons (Fsp3) is 0.375. The van der Waals surface area contributed by atoms with Crippen molar-refractivity contribution in [1.82, 2.24) is 4.57 Å². The van der Waals surface area contributed by atoms with E-state index in [1.165, 1.54) is 29.5 Å². The Labute approximate surface area is 127 Å². The first-order chi connectivity index (χ1) is 10.2. The second-order valence-electron chi connectivity index (χ2n) is 5.41. The van der Waals surface area contributed by atoms with Gasteiger partial charge in [-0.25, -0.2) is 0 Å². The van der Waals surface area contributed by atoms with Crippen molar-refractivity contribution >= 4 is 17.6 Å². The predicted octanol–water partition coefficient (Wildman–Crippen LogP) is 3.71. The highest BCUT2D eigenvalue weighted by atomic mass is 32.1. The largest absolute Gasteiger partial charge is 0.411 e. The minimum atomic E-state index is 0.823. The summed E-state index contributed by atoms with van der Waals surface area (Å²) in [5, 5.41) is 22.5. The SMILES string of the molecule is Cc1cc(/C=N/O)c(C)n1-c1sc2c(c1C#N)CCCC2. The summed E-state index contributed by atoms with van der Waals surface area (Å²) in [5.41, 5.74) is 5.00. The number of aromatic nitrogens is 1. The van der Waals surface area contributed by atoms with Crippen molar-refractivity contribution in [2.45, 2.75) is 39.5 Å². The van der Waals surface area contributed by atoms with Gasteiger partial charge in [-0.05, 0) is 51.2 Å². The Morgan fingerprint density at radius 3 is 2.86 bits per heavy atom. The van der Waals surface area contributed by atoms with Crippen molar-refractivity contribution in [3.8, 4) is 11.1 Å². The maximum absolute atomic E-state index is 9.59. The topological polar surface area (TPSA) is 61.3 Å². The number of nitrogens with zero attached hydrogens (tertiary/aromatic N) is 3. The van der Waals surface area contributed by atoms with Crippen LogP contribution in [0.25, 0.3) is 5.00 Å². The average Bonchev–Trinajstić information content (AvgIpc) is 2.97. The van der Waals surface area contributed by atoms with Crippen LogP contribution in [0, 0.1) is 25.2 Å². The highest BCUT2D eigenvalue weighted by molar-refractivity contribution is 7.15. The van der Waals surface area contributed by atoms with Crippen LogP contribution in [0.15, 0.2) is 11.2 Å². The first-order valence-corrected chi connectivity index (χ1v) is 7.90. The molecule has 0 aromatic carbocycles. The number of aryl methyl sites for hydroxylation is 2. The van der Waals surface area contributed by atoms with Crippen LogP contribution >= 0.6 is 11.3 Å². The molecule has 2 aromatic heterocycles. The molecule has 21 heavy (non-hydrogen) atoms. The highest BCUT2D eigenvalue weighted by Gasteiger charge is 2.23. The van der Waals surface area contributed by atoms with E-state index in [0.29, 0.717) is 0 Å². The van der Waals surface area contributed by atoms with Gasteiger partial charge in [0, 0.05) is 21.8 Å². The van der Waals surface area contributed by atoms with Crippen LogP contribution in [0.4, 0.5) is 0 Å². The second-order valence-corrected chi connectivity index (χ2v) is 6.49. The van der Waals surface area contributed by atoms with E-state index in [-0.39, 0.29) is 0 Å². The monoisotopic (exact) mass is 299 g/mol. The summed E-state index contributed by atoms with van der Waals surface area (Å²) >= 11 is 1.73. The van der Waals surface area contributed by atoms with Crippen molar-refractivity contribution in [3.63, 3.8) is 0 Å². The first kappa shape index (κ1) is 13.9. The molecule has 0 aliphatic heterocycles. The van der Waals surface area contributed by atoms with E-state index in [1.807, 2.05) is 19.9 Å². The molecule has 0 atom stereocenters. The number of hydrogen-bond donors (Lipinski definition) is 1. The first-order valence-electron chi connectivity index (χ1n) is 7.08. The zero-order valence-electron chi connectivity index (χ0n) is 12.2. The smallest absolute Gasteiger partial charge is 0.118 e. The standard InChI is InChI=1S/C16H17N3OS/c1-10-7-12(9-18-20)11(2)19(10)16-14(8-17)13-5-3-4-6-15(13)21-16/h7,9,20H,3-6H2,1-2H3/b18-9+. The molecular weight excluding hydrogens is 282 g/mol. The molecule has 5 heteroatoms. The van der Waals surface area contributed by atoms with Crippen molar-refractivity contribution in [3.05, 3.63) is 39.0 Å². The van der Waals surface area contributed by atoms with E-state index in [9.17, 15) is 5.26 Å². The third-order valence-electron chi connectivity index (χ3n) is 4.13. The number of fused-ring (bicyclic) bond motifs is 1. The quantitative estimate of drug-likeness (QED) is 0.522. The summed E-state index contributed by atoms with van der Waals surface area (Å²) in [6, 6.07) is 4.39. The van der Waals surface area contributed by atoms with E-state index in [2.05, 4.69) is 15.8 Å². The molecule has 0 fully saturated rings. The molecule has 1 aliphatic rings. The molecule has 0 saturated carbocycles. The summed E-state index contributed by atoms with van der Waals surface area (Å²) in [7, 11) is 0. The molecule has 0 amide bonds. The number of nitriles is 1. The maximum atomic E-state index is 9.59. The number of thiophene rings is 1. The number of rotatable bonds is 2. The van der Waals surface area contributed by atoms with Crippen LogP contribution in [-0.4, -0.2) is 16.0 Å². The van der Waals surface area contributed by atoms with E-state index in [0.717, 1.165) is 40.4 Å². The summed E-state index contributed by atoms with van der Waals surface area (Å²) in [5.74, 6) is 0. The van der Waals surface area contributed by atoms with Crippen molar-refractivity contribution in [1.29, 1.82) is 5.26 Å². The fourth-order valence-electron chi connectivity index (χ4n) is 3.12. The molecule has 0 bridgehead atoms. The Balaban J connectivity index is 2.22. The maximum Gasteiger partial charge on any atom is 0.118 e. The summed E-state index contributed by atoms with van der Waals surface area (Å²) in [4.78, 5) is 1.36. The van der Waals surface area contributed by atoms with Gasteiger partial charge in [0.25, 0.3) is 0 Å². The molecule has 4 nitrogen and oxygen atoms in total. The molecule has 3 rings (SSSR count). The van der Waals surface area contributed by atoms with Gasteiger partial charge in [0.2, 0.25) is 0 Å². The normalized spacial score (nSPS) is 14.3. The van der Waals surface area contributed by atoms with Crippen LogP contribution in [0.3, 0.4) is 0 Å². The van der Waals surface area contributed by atoms with Gasteiger partial charge >= 0.3 is 0 Å². The van der Waals surface area contributed by atoms with Crippen LogP contribution in [0.5, 0.6) is 0 Å². The highest BCUT2D eigenvalue weighted by Crippen LogP contribution is 2.38. The summed E-state index contributed by atoms with van der Waals surface area (Å²) in [6.07, 6.45) is 5.92. The second kappa shape index (κ2) is 5.38. The van der Waals surface area contributed by atoms with E-state index >= 15 is 0 Å². The molecule has 2 heterocycles. The predicted molar refractivity (Wildman–Crippen MR) is 83.9 cm³/mol. The Morgan fingerprint density at radius 2 is 2.14 bits per heavy atom. The lowest BCUT2D eigenvalue weighted by Crippen LogP contribution is -2.02. The van der Waals surface area contributed by atoms with Crippen molar-refractivity contribution < 1.29 is 5.21 Å². The lowest BCUT2D eigenvalue weighted by Gasteiger charge is -2.10. The van der Waals surface area contributed by atoms with Gasteiger partial charge < -0.3 is 9.77 Å². The van der Waals surface area contributed by atoms with E-state index < -0.39 is 0 Å². The Hall–Kier alpha value is -2.06. The lowest BCUT2D eigenvalue weighted by atomic mass is 9.96. The Morgan fingerprint density at radius 1 is 1.38 bits per heavy atom.